The highest BCUT2D eigenvalue weighted by Gasteiger charge is 2.10. The second kappa shape index (κ2) is 9.54. The van der Waals surface area contributed by atoms with Crippen LogP contribution in [0.1, 0.15) is 22.8 Å². The van der Waals surface area contributed by atoms with Gasteiger partial charge in [0.2, 0.25) is 0 Å². The van der Waals surface area contributed by atoms with Crippen molar-refractivity contribution in [3.05, 3.63) is 75.9 Å². The summed E-state index contributed by atoms with van der Waals surface area (Å²) in [7, 11) is 0. The highest BCUT2D eigenvalue weighted by molar-refractivity contribution is 9.10. The smallest absolute Gasteiger partial charge is 0.267 e. The van der Waals surface area contributed by atoms with E-state index in [2.05, 4.69) is 26.6 Å². The Morgan fingerprint density at radius 2 is 1.96 bits per heavy atom. The minimum absolute atomic E-state index is 0.0347. The number of anilines is 1. The van der Waals surface area contributed by atoms with Crippen molar-refractivity contribution in [2.75, 3.05) is 11.9 Å². The molecule has 0 saturated carbocycles. The number of nitrogens with one attached hydrogen (secondary N) is 2. The molecule has 0 aliphatic rings. The largest absolute Gasteiger partial charge is 0.389 e. The van der Waals surface area contributed by atoms with E-state index >= 15 is 0 Å². The van der Waals surface area contributed by atoms with Gasteiger partial charge in [-0.2, -0.15) is 5.26 Å². The van der Waals surface area contributed by atoms with E-state index in [0.29, 0.717) is 17.8 Å². The first-order valence-corrected chi connectivity index (χ1v) is 8.79. The molecule has 6 heteroatoms. The molecule has 0 atom stereocenters. The number of nitriles is 1. The predicted molar refractivity (Wildman–Crippen MR) is 105 cm³/mol. The van der Waals surface area contributed by atoms with E-state index in [1.54, 1.807) is 24.3 Å². The van der Waals surface area contributed by atoms with Crippen molar-refractivity contribution in [2.24, 2.45) is 0 Å². The molecule has 5 nitrogen and oxygen atoms in total. The molecule has 26 heavy (non-hydrogen) atoms. The standard InChI is InChI=1S/C20H18BrN3O2/c1-14(25)16-5-3-7-19(11-16)24-20(26)17(12-22)13-23-9-8-15-4-2-6-18(21)10-15/h2-7,10-11,13,23H,8-9H2,1H3,(H,24,26)/b17-13-. The zero-order chi connectivity index (χ0) is 18.9. The first-order valence-electron chi connectivity index (χ1n) is 8.00. The molecule has 0 aliphatic heterocycles. The Morgan fingerprint density at radius 3 is 2.65 bits per heavy atom. The first kappa shape index (κ1) is 19.4. The molecular formula is C20H18BrN3O2. The van der Waals surface area contributed by atoms with E-state index in [9.17, 15) is 14.9 Å². The molecule has 0 aliphatic carbocycles. The molecule has 0 fully saturated rings. The van der Waals surface area contributed by atoms with Gasteiger partial charge in [0.05, 0.1) is 0 Å². The van der Waals surface area contributed by atoms with E-state index in [0.717, 1.165) is 16.5 Å². The zero-order valence-electron chi connectivity index (χ0n) is 14.3. The number of rotatable bonds is 7. The summed E-state index contributed by atoms with van der Waals surface area (Å²) in [6.07, 6.45) is 2.17. The van der Waals surface area contributed by atoms with Gasteiger partial charge >= 0.3 is 0 Å². The molecule has 0 unspecified atom stereocenters. The van der Waals surface area contributed by atoms with E-state index < -0.39 is 5.91 Å². The lowest BCUT2D eigenvalue weighted by Crippen LogP contribution is -2.18. The molecule has 0 spiro atoms. The summed E-state index contributed by atoms with van der Waals surface area (Å²) in [6.45, 7) is 2.05. The van der Waals surface area contributed by atoms with Gasteiger partial charge in [0.15, 0.2) is 5.78 Å². The first-order chi connectivity index (χ1) is 12.5. The van der Waals surface area contributed by atoms with Crippen molar-refractivity contribution in [3.63, 3.8) is 0 Å². The van der Waals surface area contributed by atoms with Crippen LogP contribution in [-0.2, 0) is 11.2 Å². The summed E-state index contributed by atoms with van der Waals surface area (Å²) in [5.74, 6) is -0.616. The van der Waals surface area contributed by atoms with Crippen LogP contribution in [0.4, 0.5) is 5.69 Å². The Balaban J connectivity index is 1.93. The third kappa shape index (κ3) is 5.87. The fraction of sp³-hybridized carbons (Fsp3) is 0.150. The maximum Gasteiger partial charge on any atom is 0.267 e. The fourth-order valence-corrected chi connectivity index (χ4v) is 2.69. The van der Waals surface area contributed by atoms with Gasteiger partial charge in [0, 0.05) is 28.5 Å². The Morgan fingerprint density at radius 1 is 1.19 bits per heavy atom. The number of halogens is 1. The molecule has 0 bridgehead atoms. The Kier molecular flexibility index (Phi) is 7.12. The van der Waals surface area contributed by atoms with Crippen LogP contribution in [0.5, 0.6) is 0 Å². The fourth-order valence-electron chi connectivity index (χ4n) is 2.25. The monoisotopic (exact) mass is 411 g/mol. The summed E-state index contributed by atoms with van der Waals surface area (Å²) in [5.41, 5.74) is 2.08. The second-order valence-electron chi connectivity index (χ2n) is 5.59. The number of Topliss-reactive ketones (excluding diaryl/α,β-unsaturated/α-hetero) is 1. The van der Waals surface area contributed by atoms with Crippen LogP contribution in [-0.4, -0.2) is 18.2 Å². The summed E-state index contributed by atoms with van der Waals surface area (Å²) in [5, 5.41) is 14.8. The quantitative estimate of drug-likeness (QED) is 0.314. The molecule has 2 aromatic carbocycles. The number of nitrogens with zero attached hydrogens (tertiary/aromatic N) is 1. The third-order valence-electron chi connectivity index (χ3n) is 3.59. The van der Waals surface area contributed by atoms with Gasteiger partial charge in [-0.25, -0.2) is 0 Å². The van der Waals surface area contributed by atoms with Crippen LogP contribution in [0.25, 0.3) is 0 Å². The van der Waals surface area contributed by atoms with Crippen LogP contribution < -0.4 is 10.6 Å². The lowest BCUT2D eigenvalue weighted by molar-refractivity contribution is -0.112. The second-order valence-corrected chi connectivity index (χ2v) is 6.51. The normalized spacial score (nSPS) is 10.7. The minimum Gasteiger partial charge on any atom is -0.389 e. The van der Waals surface area contributed by atoms with Crippen LogP contribution >= 0.6 is 15.9 Å². The minimum atomic E-state index is -0.525. The zero-order valence-corrected chi connectivity index (χ0v) is 15.8. The van der Waals surface area contributed by atoms with Crippen molar-refractivity contribution < 1.29 is 9.59 Å². The topological polar surface area (TPSA) is 82.0 Å². The molecule has 0 heterocycles. The van der Waals surface area contributed by atoms with Gasteiger partial charge in [-0.15, -0.1) is 0 Å². The number of amides is 1. The highest BCUT2D eigenvalue weighted by atomic mass is 79.9. The molecule has 1 amide bonds. The average Bonchev–Trinajstić information content (AvgIpc) is 2.62. The third-order valence-corrected chi connectivity index (χ3v) is 4.08. The van der Waals surface area contributed by atoms with Crippen LogP contribution in [0, 0.1) is 11.3 Å². The number of carbonyl (C=O) groups is 2. The van der Waals surface area contributed by atoms with Gasteiger partial charge in [0.1, 0.15) is 11.6 Å². The summed E-state index contributed by atoms with van der Waals surface area (Å²) >= 11 is 3.42. The predicted octanol–water partition coefficient (Wildman–Crippen LogP) is 3.83. The SMILES string of the molecule is CC(=O)c1cccc(NC(=O)/C(C#N)=C\NCCc2cccc(Br)c2)c1. The van der Waals surface area contributed by atoms with Crippen LogP contribution in [0.3, 0.4) is 0 Å². The number of ketones is 1. The van der Waals surface area contributed by atoms with Crippen molar-refractivity contribution in [3.8, 4) is 6.07 Å². The molecule has 2 aromatic rings. The van der Waals surface area contributed by atoms with E-state index in [4.69, 9.17) is 0 Å². The lowest BCUT2D eigenvalue weighted by atomic mass is 10.1. The number of carbonyl (C=O) groups excluding carboxylic acids is 2. The molecule has 132 valence electrons. The van der Waals surface area contributed by atoms with Gasteiger partial charge in [-0.1, -0.05) is 40.2 Å². The number of hydrogen-bond donors (Lipinski definition) is 2. The number of benzene rings is 2. The van der Waals surface area contributed by atoms with Gasteiger partial charge in [-0.3, -0.25) is 9.59 Å². The summed E-state index contributed by atoms with van der Waals surface area (Å²) < 4.78 is 1.01. The van der Waals surface area contributed by atoms with Crippen molar-refractivity contribution in [2.45, 2.75) is 13.3 Å². The summed E-state index contributed by atoms with van der Waals surface area (Å²) in [4.78, 5) is 23.6. The van der Waals surface area contributed by atoms with E-state index in [1.807, 2.05) is 30.3 Å². The van der Waals surface area contributed by atoms with Gasteiger partial charge in [-0.05, 0) is 43.2 Å². The van der Waals surface area contributed by atoms with Gasteiger partial charge in [0.25, 0.3) is 5.91 Å². The summed E-state index contributed by atoms with van der Waals surface area (Å²) in [6, 6.07) is 16.4. The molecule has 0 saturated heterocycles. The average molecular weight is 412 g/mol. The van der Waals surface area contributed by atoms with Crippen LogP contribution in [0.2, 0.25) is 0 Å². The lowest BCUT2D eigenvalue weighted by Gasteiger charge is -2.06. The maximum atomic E-state index is 12.2. The maximum absolute atomic E-state index is 12.2. The molecular weight excluding hydrogens is 394 g/mol. The highest BCUT2D eigenvalue weighted by Crippen LogP contribution is 2.13. The Labute approximate surface area is 160 Å². The van der Waals surface area contributed by atoms with Crippen molar-refractivity contribution in [1.29, 1.82) is 5.26 Å². The molecule has 2 N–H and O–H groups in total. The van der Waals surface area contributed by atoms with E-state index in [1.165, 1.54) is 13.1 Å². The Hall–Kier alpha value is -2.91. The number of hydrogen-bond acceptors (Lipinski definition) is 4. The van der Waals surface area contributed by atoms with E-state index in [-0.39, 0.29) is 11.4 Å². The van der Waals surface area contributed by atoms with Crippen LogP contribution in [0.15, 0.2) is 64.8 Å². The molecule has 0 radical (unpaired) electrons. The molecule has 2 rings (SSSR count). The van der Waals surface area contributed by atoms with Crippen molar-refractivity contribution >= 4 is 33.3 Å². The van der Waals surface area contributed by atoms with Gasteiger partial charge < -0.3 is 10.6 Å². The Bertz CT molecular complexity index is 885. The van der Waals surface area contributed by atoms with Crippen molar-refractivity contribution in [1.82, 2.24) is 5.32 Å². The molecule has 0 aromatic heterocycles.